The summed E-state index contributed by atoms with van der Waals surface area (Å²) in [6, 6.07) is 23.5. The first kappa shape index (κ1) is 24.7. The third-order valence-corrected chi connectivity index (χ3v) is 8.88. The van der Waals surface area contributed by atoms with Crippen molar-refractivity contribution >= 4 is 47.0 Å². The average Bonchev–Trinajstić information content (AvgIpc) is 3.35. The maximum Gasteiger partial charge on any atom is 0.494 e. The van der Waals surface area contributed by atoms with Gasteiger partial charge in [-0.05, 0) is 90.6 Å². The van der Waals surface area contributed by atoms with Crippen LogP contribution >= 0.6 is 0 Å². The summed E-state index contributed by atoms with van der Waals surface area (Å²) >= 11 is 0. The number of para-hydroxylation sites is 1. The molecule has 0 bridgehead atoms. The van der Waals surface area contributed by atoms with Gasteiger partial charge < -0.3 is 23.2 Å². The van der Waals surface area contributed by atoms with Gasteiger partial charge in [0.15, 0.2) is 0 Å². The van der Waals surface area contributed by atoms with Crippen LogP contribution in [0.1, 0.15) is 55.4 Å². The van der Waals surface area contributed by atoms with Crippen molar-refractivity contribution in [1.82, 2.24) is 4.57 Å². The van der Waals surface area contributed by atoms with Crippen LogP contribution in [0.5, 0.6) is 0 Å². The molecule has 2 aliphatic rings. The molecule has 0 amide bonds. The lowest BCUT2D eigenvalue weighted by atomic mass is 9.78. The molecule has 2 fully saturated rings. The van der Waals surface area contributed by atoms with Crippen molar-refractivity contribution in [2.75, 3.05) is 0 Å². The van der Waals surface area contributed by atoms with Gasteiger partial charge in [0.2, 0.25) is 0 Å². The molecule has 3 heterocycles. The second-order valence-electron chi connectivity index (χ2n) is 12.4. The molecule has 3 aromatic carbocycles. The minimum atomic E-state index is -0.419. The van der Waals surface area contributed by atoms with E-state index in [-0.39, 0.29) is 0 Å². The largest absolute Gasteiger partial charge is 0.494 e. The molecule has 0 radical (unpaired) electrons. The molecule has 6 rings (SSSR count). The zero-order valence-corrected chi connectivity index (χ0v) is 23.1. The summed E-state index contributed by atoms with van der Waals surface area (Å²) in [6.45, 7) is 16.7. The number of hydrogen-bond acceptors (Lipinski definition) is 4. The van der Waals surface area contributed by atoms with Crippen molar-refractivity contribution in [1.29, 1.82) is 0 Å². The molecule has 0 unspecified atom stereocenters. The van der Waals surface area contributed by atoms with Crippen molar-refractivity contribution in [3.05, 3.63) is 66.7 Å². The minimum absolute atomic E-state index is 0.392. The molecule has 4 aromatic rings. The Balaban J connectivity index is 1.52. The predicted octanol–water partition coefficient (Wildman–Crippen LogP) is 5.38. The molecule has 37 heavy (non-hydrogen) atoms. The highest BCUT2D eigenvalue weighted by Gasteiger charge is 2.52. The van der Waals surface area contributed by atoms with E-state index in [9.17, 15) is 0 Å². The molecule has 7 heteroatoms. The molecule has 0 aliphatic carbocycles. The third kappa shape index (κ3) is 3.78. The van der Waals surface area contributed by atoms with Crippen LogP contribution < -0.4 is 10.9 Å². The average molecular weight is 495 g/mol. The summed E-state index contributed by atoms with van der Waals surface area (Å²) in [4.78, 5) is 0. The molecule has 0 saturated carbocycles. The van der Waals surface area contributed by atoms with Crippen LogP contribution in [0.3, 0.4) is 0 Å². The molecule has 0 spiro atoms. The van der Waals surface area contributed by atoms with Crippen molar-refractivity contribution < 1.29 is 18.6 Å². The smallest absolute Gasteiger partial charge is 0.399 e. The van der Waals surface area contributed by atoms with Crippen molar-refractivity contribution in [2.24, 2.45) is 0 Å². The van der Waals surface area contributed by atoms with Gasteiger partial charge in [0.1, 0.15) is 0 Å². The molecule has 0 N–H and O–H groups in total. The Kier molecular flexibility index (Phi) is 5.33. The van der Waals surface area contributed by atoms with E-state index >= 15 is 0 Å². The highest BCUT2D eigenvalue weighted by molar-refractivity contribution is 6.63. The molecular weight excluding hydrogens is 460 g/mol. The SMILES string of the molecule is CC1(C)OB(c2ccc3c4ccc(B5OC(C)(C)C(C)(C)O5)cc4n(-c4ccccc4)c3c2)OC1(C)C. The van der Waals surface area contributed by atoms with Gasteiger partial charge >= 0.3 is 14.2 Å². The van der Waals surface area contributed by atoms with Crippen LogP contribution in [0.2, 0.25) is 0 Å². The third-order valence-electron chi connectivity index (χ3n) is 8.88. The lowest BCUT2D eigenvalue weighted by molar-refractivity contribution is 0.00578. The van der Waals surface area contributed by atoms with Gasteiger partial charge in [0.25, 0.3) is 0 Å². The first-order valence-electron chi connectivity index (χ1n) is 13.1. The van der Waals surface area contributed by atoms with E-state index in [0.29, 0.717) is 0 Å². The van der Waals surface area contributed by atoms with Crippen LogP contribution in [0, 0.1) is 0 Å². The molecular formula is C30H35B2NO4. The molecule has 5 nitrogen and oxygen atoms in total. The van der Waals surface area contributed by atoms with Crippen molar-refractivity contribution in [3.8, 4) is 5.69 Å². The fraction of sp³-hybridized carbons (Fsp3) is 0.400. The van der Waals surface area contributed by atoms with Crippen LogP contribution in [0.15, 0.2) is 66.7 Å². The molecule has 2 aliphatic heterocycles. The predicted molar refractivity (Wildman–Crippen MR) is 152 cm³/mol. The summed E-state index contributed by atoms with van der Waals surface area (Å²) in [5.74, 6) is 0. The molecule has 2 saturated heterocycles. The van der Waals surface area contributed by atoms with Gasteiger partial charge in [-0.2, -0.15) is 0 Å². The zero-order chi connectivity index (χ0) is 26.4. The van der Waals surface area contributed by atoms with Crippen LogP contribution in [0.25, 0.3) is 27.5 Å². The van der Waals surface area contributed by atoms with Crippen molar-refractivity contribution in [3.63, 3.8) is 0 Å². The minimum Gasteiger partial charge on any atom is -0.399 e. The van der Waals surface area contributed by atoms with Crippen molar-refractivity contribution in [2.45, 2.75) is 77.8 Å². The van der Waals surface area contributed by atoms with Gasteiger partial charge in [-0.1, -0.05) is 42.5 Å². The van der Waals surface area contributed by atoms with Crippen LogP contribution in [-0.2, 0) is 18.6 Å². The summed E-state index contributed by atoms with van der Waals surface area (Å²) < 4.78 is 27.8. The first-order chi connectivity index (χ1) is 17.3. The fourth-order valence-corrected chi connectivity index (χ4v) is 5.16. The van der Waals surface area contributed by atoms with E-state index in [1.807, 2.05) is 6.07 Å². The maximum absolute atomic E-state index is 6.38. The number of hydrogen-bond donors (Lipinski definition) is 0. The van der Waals surface area contributed by atoms with E-state index in [4.69, 9.17) is 18.6 Å². The lowest BCUT2D eigenvalue weighted by Crippen LogP contribution is -2.41. The lowest BCUT2D eigenvalue weighted by Gasteiger charge is -2.32. The maximum atomic E-state index is 6.38. The highest BCUT2D eigenvalue weighted by Crippen LogP contribution is 2.39. The number of benzene rings is 3. The van der Waals surface area contributed by atoms with Crippen LogP contribution in [-0.4, -0.2) is 41.2 Å². The molecule has 0 atom stereocenters. The summed E-state index contributed by atoms with van der Waals surface area (Å²) in [7, 11) is -0.839. The van der Waals surface area contributed by atoms with E-state index in [1.54, 1.807) is 0 Å². The Labute approximate surface area is 220 Å². The Morgan fingerprint density at radius 3 is 1.27 bits per heavy atom. The van der Waals surface area contributed by atoms with Gasteiger partial charge in [-0.15, -0.1) is 0 Å². The van der Waals surface area contributed by atoms with Gasteiger partial charge in [-0.25, -0.2) is 0 Å². The van der Waals surface area contributed by atoms with E-state index in [1.165, 1.54) is 10.8 Å². The monoisotopic (exact) mass is 495 g/mol. The summed E-state index contributed by atoms with van der Waals surface area (Å²) in [5, 5.41) is 2.36. The highest BCUT2D eigenvalue weighted by atomic mass is 16.7. The number of nitrogens with zero attached hydrogens (tertiary/aromatic N) is 1. The van der Waals surface area contributed by atoms with Crippen LogP contribution in [0.4, 0.5) is 0 Å². The Morgan fingerprint density at radius 1 is 0.514 bits per heavy atom. The van der Waals surface area contributed by atoms with E-state index in [0.717, 1.165) is 27.6 Å². The second kappa shape index (κ2) is 7.97. The standard InChI is InChI=1S/C30H35B2NO4/c1-27(2)28(3,4)35-31(34-27)20-14-16-23-24-17-15-21(32-36-29(5,6)30(7,8)37-32)19-26(24)33(25(23)18-20)22-12-10-9-11-13-22/h9-19H,1-8H3. The molecule has 190 valence electrons. The van der Waals surface area contributed by atoms with Gasteiger partial charge in [0.05, 0.1) is 33.4 Å². The number of aromatic nitrogens is 1. The molecule has 1 aromatic heterocycles. The fourth-order valence-electron chi connectivity index (χ4n) is 5.16. The van der Waals surface area contributed by atoms with E-state index < -0.39 is 36.6 Å². The number of rotatable bonds is 3. The quantitative estimate of drug-likeness (QED) is 0.358. The summed E-state index contributed by atoms with van der Waals surface area (Å²) in [6.07, 6.45) is 0. The Hall–Kier alpha value is -2.57. The zero-order valence-electron chi connectivity index (χ0n) is 23.1. The first-order valence-corrected chi connectivity index (χ1v) is 13.1. The van der Waals surface area contributed by atoms with E-state index in [2.05, 4.69) is 121 Å². The second-order valence-corrected chi connectivity index (χ2v) is 12.4. The Bertz CT molecular complexity index is 1380. The van der Waals surface area contributed by atoms with Gasteiger partial charge in [-0.3, -0.25) is 0 Å². The topological polar surface area (TPSA) is 41.9 Å². The Morgan fingerprint density at radius 2 is 0.892 bits per heavy atom. The summed E-state index contributed by atoms with van der Waals surface area (Å²) in [5.41, 5.74) is 3.77. The normalized spacial score (nSPS) is 21.8. The van der Waals surface area contributed by atoms with Gasteiger partial charge in [0, 0.05) is 16.5 Å². The number of fused-ring (bicyclic) bond motifs is 3.